The Hall–Kier alpha value is -2.32. The van der Waals surface area contributed by atoms with Crippen LogP contribution in [0, 0.1) is 11.3 Å². The van der Waals surface area contributed by atoms with Crippen LogP contribution in [-0.2, 0) is 6.54 Å². The van der Waals surface area contributed by atoms with E-state index in [1.807, 2.05) is 36.5 Å². The van der Waals surface area contributed by atoms with Crippen molar-refractivity contribution in [2.24, 2.45) is 0 Å². The van der Waals surface area contributed by atoms with Crippen molar-refractivity contribution in [1.29, 1.82) is 5.26 Å². The molecule has 5 heteroatoms. The SMILES string of the molecule is N#Cc1ccc2c(c1)nc1n2CC(c2ccccn2)[SH]1. The standard InChI is InChI=1S/C15H11N4S/c16-8-10-4-5-13-12(7-10)18-15-19(13)9-14(20-15)11-3-1-2-6-17-11/h1-7,14,20H,9H2. The smallest absolute Gasteiger partial charge is 0.157 e. The number of fused-ring (bicyclic) bond motifs is 3. The summed E-state index contributed by atoms with van der Waals surface area (Å²) in [6.07, 6.45) is 1.84. The molecule has 2 aromatic heterocycles. The van der Waals surface area contributed by atoms with Crippen LogP contribution in [0.3, 0.4) is 0 Å². The van der Waals surface area contributed by atoms with Crippen LogP contribution in [-0.4, -0.2) is 14.5 Å². The maximum absolute atomic E-state index is 8.94. The van der Waals surface area contributed by atoms with Crippen LogP contribution in [0.4, 0.5) is 0 Å². The molecular formula is C15H11N4S. The summed E-state index contributed by atoms with van der Waals surface area (Å²) < 4.78 is 2.23. The molecule has 4 nitrogen and oxygen atoms in total. The van der Waals surface area contributed by atoms with Gasteiger partial charge in [0, 0.05) is 12.7 Å². The number of thiol groups is 1. The van der Waals surface area contributed by atoms with Gasteiger partial charge in [-0.2, -0.15) is 5.26 Å². The minimum absolute atomic E-state index is 0.374. The summed E-state index contributed by atoms with van der Waals surface area (Å²) in [5.41, 5.74) is 3.78. The Labute approximate surface area is 120 Å². The van der Waals surface area contributed by atoms with E-state index in [1.54, 1.807) is 0 Å². The minimum atomic E-state index is 0.374. The number of pyridine rings is 1. The Morgan fingerprint density at radius 2 is 2.25 bits per heavy atom. The molecule has 3 heterocycles. The van der Waals surface area contributed by atoms with Crippen LogP contribution >= 0.6 is 11.8 Å². The van der Waals surface area contributed by atoms with Crippen molar-refractivity contribution in [3.05, 3.63) is 53.9 Å². The average molecular weight is 279 g/mol. The summed E-state index contributed by atoms with van der Waals surface area (Å²) >= 11 is 1.19. The summed E-state index contributed by atoms with van der Waals surface area (Å²) in [4.78, 5) is 9.09. The normalized spacial score (nSPS) is 17.1. The van der Waals surface area contributed by atoms with Crippen molar-refractivity contribution >= 4 is 22.8 Å². The number of imidazole rings is 1. The number of hydrogen-bond donors (Lipinski definition) is 1. The number of hydrogen-bond acceptors (Lipinski definition) is 3. The number of benzene rings is 1. The van der Waals surface area contributed by atoms with Crippen LogP contribution in [0.2, 0.25) is 0 Å². The monoisotopic (exact) mass is 279 g/mol. The maximum Gasteiger partial charge on any atom is 0.157 e. The van der Waals surface area contributed by atoms with Crippen LogP contribution in [0.15, 0.2) is 47.8 Å². The highest BCUT2D eigenvalue weighted by Crippen LogP contribution is 2.43. The van der Waals surface area contributed by atoms with Crippen molar-refractivity contribution in [3.63, 3.8) is 0 Å². The van der Waals surface area contributed by atoms with Crippen LogP contribution in [0.5, 0.6) is 0 Å². The van der Waals surface area contributed by atoms with E-state index in [0.717, 1.165) is 28.4 Å². The van der Waals surface area contributed by atoms with E-state index in [-0.39, 0.29) is 0 Å². The second-order valence-corrected chi connectivity index (χ2v) is 6.02. The van der Waals surface area contributed by atoms with Gasteiger partial charge in [-0.05, 0) is 30.3 Å². The first-order valence-electron chi connectivity index (χ1n) is 6.37. The lowest BCUT2D eigenvalue weighted by Gasteiger charge is -2.08. The van der Waals surface area contributed by atoms with Gasteiger partial charge in [-0.15, -0.1) is 11.8 Å². The Kier molecular flexibility index (Phi) is 2.51. The second kappa shape index (κ2) is 4.36. The molecule has 4 rings (SSSR count). The Bertz CT molecular complexity index is 832. The predicted octanol–water partition coefficient (Wildman–Crippen LogP) is 2.88. The van der Waals surface area contributed by atoms with Gasteiger partial charge in [0.05, 0.1) is 33.6 Å². The number of aromatic nitrogens is 3. The number of nitrogens with zero attached hydrogens (tertiary/aromatic N) is 4. The van der Waals surface area contributed by atoms with Gasteiger partial charge in [0.25, 0.3) is 0 Å². The zero-order valence-corrected chi connectivity index (χ0v) is 11.5. The van der Waals surface area contributed by atoms with Crippen molar-refractivity contribution in [2.45, 2.75) is 17.0 Å². The molecule has 0 spiro atoms. The third-order valence-electron chi connectivity index (χ3n) is 3.51. The molecule has 1 unspecified atom stereocenters. The fourth-order valence-corrected chi connectivity index (χ4v) is 3.85. The van der Waals surface area contributed by atoms with E-state index < -0.39 is 0 Å². The van der Waals surface area contributed by atoms with E-state index in [9.17, 15) is 0 Å². The highest BCUT2D eigenvalue weighted by molar-refractivity contribution is 7.99. The van der Waals surface area contributed by atoms with Crippen molar-refractivity contribution in [2.75, 3.05) is 0 Å². The first-order valence-corrected chi connectivity index (χ1v) is 7.34. The quantitative estimate of drug-likeness (QED) is 0.697. The largest absolute Gasteiger partial charge is 0.318 e. The Balaban J connectivity index is 1.75. The zero-order valence-electron chi connectivity index (χ0n) is 10.6. The topological polar surface area (TPSA) is 54.5 Å². The molecular weight excluding hydrogens is 268 g/mol. The number of nitriles is 1. The molecule has 1 radical (unpaired) electrons. The van der Waals surface area contributed by atoms with Gasteiger partial charge >= 0.3 is 0 Å². The Morgan fingerprint density at radius 3 is 3.05 bits per heavy atom. The summed E-state index contributed by atoms with van der Waals surface area (Å²) in [5, 5.41) is 10.4. The van der Waals surface area contributed by atoms with Gasteiger partial charge in [-0.3, -0.25) is 4.98 Å². The highest BCUT2D eigenvalue weighted by Gasteiger charge is 2.26. The van der Waals surface area contributed by atoms with E-state index in [0.29, 0.717) is 10.8 Å². The Morgan fingerprint density at radius 1 is 1.30 bits per heavy atom. The zero-order chi connectivity index (χ0) is 13.5. The van der Waals surface area contributed by atoms with Gasteiger partial charge in [0.1, 0.15) is 0 Å². The van der Waals surface area contributed by atoms with Crippen molar-refractivity contribution in [3.8, 4) is 6.07 Å². The third kappa shape index (κ3) is 1.69. The predicted molar refractivity (Wildman–Crippen MR) is 78.7 cm³/mol. The molecule has 0 fully saturated rings. The summed E-state index contributed by atoms with van der Waals surface area (Å²) in [7, 11) is 0. The van der Waals surface area contributed by atoms with Gasteiger partial charge in [-0.1, -0.05) is 6.07 Å². The van der Waals surface area contributed by atoms with Gasteiger partial charge < -0.3 is 4.57 Å². The molecule has 20 heavy (non-hydrogen) atoms. The summed E-state index contributed by atoms with van der Waals surface area (Å²) in [6, 6.07) is 13.9. The molecule has 0 N–H and O–H groups in total. The molecule has 1 aliphatic heterocycles. The van der Waals surface area contributed by atoms with Crippen molar-refractivity contribution < 1.29 is 0 Å². The summed E-state index contributed by atoms with van der Waals surface area (Å²) in [6.45, 7) is 0.899. The first kappa shape index (κ1) is 11.5. The van der Waals surface area contributed by atoms with E-state index >= 15 is 0 Å². The molecule has 0 bridgehead atoms. The van der Waals surface area contributed by atoms with E-state index in [2.05, 4.69) is 26.7 Å². The van der Waals surface area contributed by atoms with E-state index in [1.165, 1.54) is 11.8 Å². The third-order valence-corrected chi connectivity index (χ3v) is 4.83. The van der Waals surface area contributed by atoms with Gasteiger partial charge in [0.2, 0.25) is 0 Å². The van der Waals surface area contributed by atoms with Gasteiger partial charge in [0.15, 0.2) is 5.16 Å². The molecule has 1 atom stereocenters. The molecule has 0 saturated heterocycles. The number of rotatable bonds is 1. The lowest BCUT2D eigenvalue weighted by molar-refractivity contribution is 0.674. The van der Waals surface area contributed by atoms with Crippen LogP contribution < -0.4 is 0 Å². The molecule has 1 aromatic carbocycles. The van der Waals surface area contributed by atoms with E-state index in [4.69, 9.17) is 5.26 Å². The van der Waals surface area contributed by atoms with Crippen LogP contribution in [0.25, 0.3) is 11.0 Å². The molecule has 0 amide bonds. The molecule has 0 aliphatic carbocycles. The molecule has 0 saturated carbocycles. The maximum atomic E-state index is 8.94. The average Bonchev–Trinajstić information content (AvgIpc) is 3.05. The molecule has 3 aromatic rings. The van der Waals surface area contributed by atoms with Crippen LogP contribution in [0.1, 0.15) is 16.5 Å². The highest BCUT2D eigenvalue weighted by atomic mass is 32.2. The summed E-state index contributed by atoms with van der Waals surface area (Å²) in [5.74, 6) is 0. The van der Waals surface area contributed by atoms with Gasteiger partial charge in [-0.25, -0.2) is 4.98 Å². The lowest BCUT2D eigenvalue weighted by Crippen LogP contribution is -2.00. The van der Waals surface area contributed by atoms with Crippen molar-refractivity contribution in [1.82, 2.24) is 14.5 Å². The molecule has 1 aliphatic rings. The fourth-order valence-electron chi connectivity index (χ4n) is 2.55. The fraction of sp³-hybridized carbons (Fsp3) is 0.133. The lowest BCUT2D eigenvalue weighted by atomic mass is 10.2. The minimum Gasteiger partial charge on any atom is -0.318 e. The molecule has 97 valence electrons. The second-order valence-electron chi connectivity index (χ2n) is 4.74. The first-order chi connectivity index (χ1) is 9.85.